The van der Waals surface area contributed by atoms with Crippen LogP contribution in [0.4, 0.5) is 11.6 Å². The summed E-state index contributed by atoms with van der Waals surface area (Å²) in [4.78, 5) is 24.9. The number of likely N-dealkylation sites (tertiary alicyclic amines) is 1. The zero-order valence-electron chi connectivity index (χ0n) is 17.2. The topological polar surface area (TPSA) is 106 Å². The third-order valence-corrected chi connectivity index (χ3v) is 5.93. The number of aromatic amines is 2. The van der Waals surface area contributed by atoms with E-state index in [1.807, 2.05) is 10.6 Å². The number of nitrogens with one attached hydrogen (secondary N) is 4. The molecule has 0 spiro atoms. The lowest BCUT2D eigenvalue weighted by Gasteiger charge is -2.29. The third-order valence-electron chi connectivity index (χ3n) is 5.93. The first kappa shape index (κ1) is 18.9. The van der Waals surface area contributed by atoms with Crippen LogP contribution in [-0.2, 0) is 0 Å². The molecule has 3 aromatic rings. The second kappa shape index (κ2) is 7.64. The lowest BCUT2D eigenvalue weighted by Crippen LogP contribution is -2.36. The van der Waals surface area contributed by atoms with Crippen molar-refractivity contribution in [2.75, 3.05) is 37.3 Å². The number of nitrogens with zero attached hydrogens (tertiary/aromatic N) is 4. The molecular weight excluding hydrogens is 380 g/mol. The summed E-state index contributed by atoms with van der Waals surface area (Å²) in [6.45, 7) is 6.85. The Hall–Kier alpha value is -3.07. The Morgan fingerprint density at radius 1 is 1.27 bits per heavy atom. The molecule has 9 nitrogen and oxygen atoms in total. The van der Waals surface area contributed by atoms with Crippen molar-refractivity contribution in [1.29, 1.82) is 0 Å². The van der Waals surface area contributed by atoms with Crippen molar-refractivity contribution >= 4 is 29.9 Å². The quantitative estimate of drug-likeness (QED) is 0.468. The van der Waals surface area contributed by atoms with E-state index in [-0.39, 0.29) is 5.56 Å². The Balaban J connectivity index is 1.52. The van der Waals surface area contributed by atoms with Gasteiger partial charge in [-0.25, -0.2) is 4.98 Å². The number of rotatable bonds is 6. The molecule has 0 atom stereocenters. The summed E-state index contributed by atoms with van der Waals surface area (Å²) in [6, 6.07) is 2.45. The molecule has 30 heavy (non-hydrogen) atoms. The first-order valence-corrected chi connectivity index (χ1v) is 10.6. The normalized spacial score (nSPS) is 18.9. The smallest absolute Gasteiger partial charge is 0.273 e. The summed E-state index contributed by atoms with van der Waals surface area (Å²) in [5.74, 6) is 2.50. The minimum atomic E-state index is -0.202. The van der Waals surface area contributed by atoms with Crippen molar-refractivity contribution in [3.8, 4) is 0 Å². The molecule has 0 radical (unpaired) electrons. The van der Waals surface area contributed by atoms with Gasteiger partial charge in [0.2, 0.25) is 0 Å². The van der Waals surface area contributed by atoms with Crippen LogP contribution in [0.25, 0.3) is 18.3 Å². The molecule has 0 unspecified atom stereocenters. The summed E-state index contributed by atoms with van der Waals surface area (Å²) in [5.41, 5.74) is 1.77. The third kappa shape index (κ3) is 3.97. The SMILES string of the molecule is C=c1[nH]c(=O)/c(=C/c2cnn3c(NCC4CC4)cc(NC4CCN(C)CC4)nc23)[nH]1. The van der Waals surface area contributed by atoms with Gasteiger partial charge in [-0.3, -0.25) is 4.79 Å². The minimum absolute atomic E-state index is 0.202. The molecule has 2 aliphatic rings. The predicted molar refractivity (Wildman–Crippen MR) is 118 cm³/mol. The fraction of sp³-hybridized carbons (Fsp3) is 0.476. The van der Waals surface area contributed by atoms with Crippen LogP contribution in [0.2, 0.25) is 0 Å². The molecule has 0 amide bonds. The summed E-state index contributed by atoms with van der Waals surface area (Å²) >= 11 is 0. The van der Waals surface area contributed by atoms with E-state index >= 15 is 0 Å². The molecule has 5 rings (SSSR count). The highest BCUT2D eigenvalue weighted by Crippen LogP contribution is 2.29. The number of aromatic nitrogens is 5. The zero-order chi connectivity index (χ0) is 20.7. The van der Waals surface area contributed by atoms with E-state index in [2.05, 4.69) is 44.2 Å². The van der Waals surface area contributed by atoms with E-state index in [9.17, 15) is 4.79 Å². The van der Waals surface area contributed by atoms with Gasteiger partial charge < -0.3 is 25.5 Å². The van der Waals surface area contributed by atoms with Gasteiger partial charge in [0, 0.05) is 24.2 Å². The Morgan fingerprint density at radius 2 is 2.07 bits per heavy atom. The van der Waals surface area contributed by atoms with Crippen molar-refractivity contribution in [1.82, 2.24) is 29.5 Å². The standard InChI is InChI=1S/C21H28N8O/c1-13-24-17(21(30)25-13)9-15-12-23-29-19(22-11-14-3-4-14)10-18(27-20(15)29)26-16-5-7-28(2)8-6-16/h9-10,12,14,16,22,24H,1,3-8,11H2,2H3,(H,25,30)(H,26,27)/b17-9-. The van der Waals surface area contributed by atoms with Crippen LogP contribution in [0, 0.1) is 5.92 Å². The molecule has 1 saturated heterocycles. The molecule has 3 aromatic heterocycles. The van der Waals surface area contributed by atoms with Gasteiger partial charge in [0.1, 0.15) is 22.5 Å². The molecule has 1 saturated carbocycles. The number of hydrogen-bond acceptors (Lipinski definition) is 6. The number of H-pyrrole nitrogens is 2. The van der Waals surface area contributed by atoms with Gasteiger partial charge in [-0.15, -0.1) is 0 Å². The lowest BCUT2D eigenvalue weighted by atomic mass is 10.1. The molecule has 0 aromatic carbocycles. The molecular formula is C21H28N8O. The molecule has 2 fully saturated rings. The van der Waals surface area contributed by atoms with Crippen LogP contribution in [0.3, 0.4) is 0 Å². The highest BCUT2D eigenvalue weighted by Gasteiger charge is 2.22. The molecule has 0 bridgehead atoms. The van der Waals surface area contributed by atoms with Crippen LogP contribution in [-0.4, -0.2) is 62.2 Å². The van der Waals surface area contributed by atoms with E-state index in [0.29, 0.717) is 22.5 Å². The van der Waals surface area contributed by atoms with Crippen LogP contribution >= 0.6 is 0 Å². The van der Waals surface area contributed by atoms with E-state index in [1.165, 1.54) is 12.8 Å². The average molecular weight is 409 g/mol. The largest absolute Gasteiger partial charge is 0.370 e. The molecule has 1 aliphatic heterocycles. The number of anilines is 2. The Morgan fingerprint density at radius 3 is 2.77 bits per heavy atom. The van der Waals surface area contributed by atoms with E-state index in [1.54, 1.807) is 12.3 Å². The van der Waals surface area contributed by atoms with Gasteiger partial charge in [0.25, 0.3) is 5.56 Å². The zero-order valence-corrected chi connectivity index (χ0v) is 17.2. The fourth-order valence-corrected chi connectivity index (χ4v) is 3.93. The maximum atomic E-state index is 12.1. The molecule has 1 aliphatic carbocycles. The molecule has 4 N–H and O–H groups in total. The molecule has 9 heteroatoms. The van der Waals surface area contributed by atoms with Crippen LogP contribution in [0.1, 0.15) is 31.2 Å². The summed E-state index contributed by atoms with van der Waals surface area (Å²) < 4.78 is 1.82. The predicted octanol–water partition coefficient (Wildman–Crippen LogP) is 0.313. The first-order chi connectivity index (χ1) is 14.5. The van der Waals surface area contributed by atoms with Gasteiger partial charge >= 0.3 is 0 Å². The van der Waals surface area contributed by atoms with Crippen molar-refractivity contribution in [3.05, 3.63) is 39.0 Å². The van der Waals surface area contributed by atoms with Crippen LogP contribution in [0.5, 0.6) is 0 Å². The average Bonchev–Trinajstić information content (AvgIpc) is 3.39. The van der Waals surface area contributed by atoms with Crippen molar-refractivity contribution < 1.29 is 0 Å². The second-order valence-corrected chi connectivity index (χ2v) is 8.52. The van der Waals surface area contributed by atoms with Crippen LogP contribution in [0.15, 0.2) is 17.1 Å². The summed E-state index contributed by atoms with van der Waals surface area (Å²) in [7, 11) is 2.16. The van der Waals surface area contributed by atoms with Gasteiger partial charge in [-0.2, -0.15) is 9.61 Å². The van der Waals surface area contributed by atoms with Gasteiger partial charge in [0.15, 0.2) is 5.65 Å². The Labute approximate surface area is 173 Å². The molecule has 4 heterocycles. The number of hydrogen-bond donors (Lipinski definition) is 4. The van der Waals surface area contributed by atoms with Crippen molar-refractivity contribution in [2.24, 2.45) is 5.92 Å². The second-order valence-electron chi connectivity index (χ2n) is 8.52. The van der Waals surface area contributed by atoms with Crippen molar-refractivity contribution in [2.45, 2.75) is 31.7 Å². The Bertz CT molecular complexity index is 1210. The highest BCUT2D eigenvalue weighted by atomic mass is 16.1. The molecule has 158 valence electrons. The highest BCUT2D eigenvalue weighted by molar-refractivity contribution is 5.69. The first-order valence-electron chi connectivity index (χ1n) is 10.6. The van der Waals surface area contributed by atoms with E-state index in [0.717, 1.165) is 55.6 Å². The van der Waals surface area contributed by atoms with Gasteiger partial charge in [0.05, 0.1) is 6.20 Å². The number of fused-ring (bicyclic) bond motifs is 1. The fourth-order valence-electron chi connectivity index (χ4n) is 3.93. The van der Waals surface area contributed by atoms with E-state index < -0.39 is 0 Å². The maximum Gasteiger partial charge on any atom is 0.273 e. The summed E-state index contributed by atoms with van der Waals surface area (Å²) in [5, 5.41) is 12.1. The van der Waals surface area contributed by atoms with Crippen LogP contribution < -0.4 is 27.0 Å². The number of imidazole rings is 1. The van der Waals surface area contributed by atoms with Gasteiger partial charge in [-0.1, -0.05) is 6.58 Å². The minimum Gasteiger partial charge on any atom is -0.370 e. The number of piperidine rings is 1. The lowest BCUT2D eigenvalue weighted by molar-refractivity contribution is 0.263. The maximum absolute atomic E-state index is 12.1. The monoisotopic (exact) mass is 408 g/mol. The van der Waals surface area contributed by atoms with Gasteiger partial charge in [-0.05, 0) is 57.8 Å². The Kier molecular flexibility index (Phi) is 4.82. The van der Waals surface area contributed by atoms with Crippen molar-refractivity contribution in [3.63, 3.8) is 0 Å². The summed E-state index contributed by atoms with van der Waals surface area (Å²) in [6.07, 6.45) is 8.26. The van der Waals surface area contributed by atoms with E-state index in [4.69, 9.17) is 4.98 Å².